The van der Waals surface area contributed by atoms with E-state index in [0.717, 1.165) is 25.9 Å². The summed E-state index contributed by atoms with van der Waals surface area (Å²) in [5.74, 6) is -0.911. The van der Waals surface area contributed by atoms with Crippen LogP contribution in [0.5, 0.6) is 0 Å². The van der Waals surface area contributed by atoms with Crippen LogP contribution in [0, 0.1) is 0 Å². The van der Waals surface area contributed by atoms with Gasteiger partial charge in [-0.2, -0.15) is 0 Å². The molecular formula is C13H25N3O3. The molecule has 0 aromatic rings. The lowest BCUT2D eigenvalue weighted by Gasteiger charge is -2.26. The highest BCUT2D eigenvalue weighted by molar-refractivity contribution is 6.35. The van der Waals surface area contributed by atoms with Crippen molar-refractivity contribution < 1.29 is 14.3 Å². The molecule has 1 saturated heterocycles. The quantitative estimate of drug-likeness (QED) is 0.516. The molecule has 0 unspecified atom stereocenters. The summed E-state index contributed by atoms with van der Waals surface area (Å²) in [4.78, 5) is 25.0. The number of ether oxygens (including phenoxy) is 1. The lowest BCUT2D eigenvalue weighted by Crippen LogP contribution is -2.51. The van der Waals surface area contributed by atoms with E-state index >= 15 is 0 Å². The number of nitrogens with zero attached hydrogens (tertiary/aromatic N) is 1. The number of hydrogen-bond acceptors (Lipinski definition) is 4. The molecule has 0 aliphatic carbocycles. The van der Waals surface area contributed by atoms with Gasteiger partial charge in [-0.15, -0.1) is 0 Å². The van der Waals surface area contributed by atoms with E-state index in [1.807, 2.05) is 13.8 Å². The van der Waals surface area contributed by atoms with Gasteiger partial charge in [-0.25, -0.2) is 0 Å². The molecule has 2 amide bonds. The van der Waals surface area contributed by atoms with Crippen LogP contribution >= 0.6 is 0 Å². The van der Waals surface area contributed by atoms with Crippen molar-refractivity contribution in [2.75, 3.05) is 39.3 Å². The van der Waals surface area contributed by atoms with E-state index in [2.05, 4.69) is 10.6 Å². The summed E-state index contributed by atoms with van der Waals surface area (Å²) < 4.78 is 5.40. The zero-order chi connectivity index (χ0) is 14.1. The monoisotopic (exact) mass is 271 g/mol. The third-order valence-electron chi connectivity index (χ3n) is 2.91. The molecule has 0 aromatic carbocycles. The Bertz CT molecular complexity index is 289. The number of piperazine rings is 1. The summed E-state index contributed by atoms with van der Waals surface area (Å²) >= 11 is 0. The minimum atomic E-state index is -0.494. The Morgan fingerprint density at radius 2 is 1.95 bits per heavy atom. The Morgan fingerprint density at radius 1 is 1.26 bits per heavy atom. The summed E-state index contributed by atoms with van der Waals surface area (Å²) in [5, 5.41) is 5.81. The van der Waals surface area contributed by atoms with Crippen LogP contribution in [0.15, 0.2) is 0 Å². The Morgan fingerprint density at radius 3 is 2.58 bits per heavy atom. The number of rotatable bonds is 6. The molecule has 0 bridgehead atoms. The number of nitrogens with one attached hydrogen (secondary N) is 2. The van der Waals surface area contributed by atoms with Crippen LogP contribution in [0.1, 0.15) is 26.7 Å². The van der Waals surface area contributed by atoms with Gasteiger partial charge in [0.05, 0.1) is 6.10 Å². The molecule has 1 fully saturated rings. The summed E-state index contributed by atoms with van der Waals surface area (Å²) in [6.45, 7) is 7.93. The third-order valence-corrected chi connectivity index (χ3v) is 2.91. The largest absolute Gasteiger partial charge is 0.379 e. The second-order valence-corrected chi connectivity index (χ2v) is 4.92. The molecule has 0 aromatic heterocycles. The highest BCUT2D eigenvalue weighted by atomic mass is 16.5. The number of carbonyl (C=O) groups is 2. The summed E-state index contributed by atoms with van der Waals surface area (Å²) in [6.07, 6.45) is 1.96. The fraction of sp³-hybridized carbons (Fsp3) is 0.846. The minimum absolute atomic E-state index is 0.240. The van der Waals surface area contributed by atoms with Crippen molar-refractivity contribution in [3.63, 3.8) is 0 Å². The number of carbonyl (C=O) groups excluding carboxylic acids is 2. The van der Waals surface area contributed by atoms with Gasteiger partial charge in [-0.1, -0.05) is 0 Å². The van der Waals surface area contributed by atoms with Gasteiger partial charge in [0.1, 0.15) is 0 Å². The van der Waals surface area contributed by atoms with Gasteiger partial charge in [-0.3, -0.25) is 9.59 Å². The van der Waals surface area contributed by atoms with Gasteiger partial charge in [0.25, 0.3) is 0 Å². The predicted octanol–water partition coefficient (Wildman–Crippen LogP) is -0.260. The lowest BCUT2D eigenvalue weighted by molar-refractivity contribution is -0.146. The number of unbranched alkanes of at least 4 members (excludes halogenated alkanes) is 1. The first-order valence-electron chi connectivity index (χ1n) is 7.00. The van der Waals surface area contributed by atoms with E-state index < -0.39 is 11.8 Å². The van der Waals surface area contributed by atoms with Crippen molar-refractivity contribution >= 4 is 11.8 Å². The standard InChI is InChI=1S/C13H25N3O3/c1-11(2)19-10-4-3-5-15-12(17)13(18)16-8-6-14-7-9-16/h11,14H,3-10H2,1-2H3,(H,15,17). The van der Waals surface area contributed by atoms with Crippen LogP contribution in [0.3, 0.4) is 0 Å². The van der Waals surface area contributed by atoms with E-state index in [1.165, 1.54) is 0 Å². The molecule has 6 heteroatoms. The maximum atomic E-state index is 11.8. The lowest BCUT2D eigenvalue weighted by atomic mass is 10.3. The fourth-order valence-electron chi connectivity index (χ4n) is 1.84. The number of hydrogen-bond donors (Lipinski definition) is 2. The van der Waals surface area contributed by atoms with Crippen molar-refractivity contribution in [1.29, 1.82) is 0 Å². The zero-order valence-electron chi connectivity index (χ0n) is 11.9. The van der Waals surface area contributed by atoms with Gasteiger partial charge >= 0.3 is 11.8 Å². The second kappa shape index (κ2) is 8.87. The van der Waals surface area contributed by atoms with E-state index in [-0.39, 0.29) is 6.10 Å². The minimum Gasteiger partial charge on any atom is -0.379 e. The Balaban J connectivity index is 2.08. The average Bonchev–Trinajstić information content (AvgIpc) is 2.42. The molecule has 1 rings (SSSR count). The Hall–Kier alpha value is -1.14. The highest BCUT2D eigenvalue weighted by Crippen LogP contribution is 1.95. The van der Waals surface area contributed by atoms with Gasteiger partial charge < -0.3 is 20.3 Å². The first kappa shape index (κ1) is 15.9. The van der Waals surface area contributed by atoms with Crippen molar-refractivity contribution in [2.24, 2.45) is 0 Å². The summed E-state index contributed by atoms with van der Waals surface area (Å²) in [5.41, 5.74) is 0. The molecule has 0 atom stereocenters. The van der Waals surface area contributed by atoms with E-state index in [4.69, 9.17) is 4.74 Å². The number of amides is 2. The van der Waals surface area contributed by atoms with Crippen molar-refractivity contribution in [1.82, 2.24) is 15.5 Å². The summed E-state index contributed by atoms with van der Waals surface area (Å²) in [6, 6.07) is 0. The van der Waals surface area contributed by atoms with Crippen molar-refractivity contribution in [3.8, 4) is 0 Å². The molecule has 2 N–H and O–H groups in total. The van der Waals surface area contributed by atoms with Crippen LogP contribution in [0.4, 0.5) is 0 Å². The molecule has 1 heterocycles. The maximum Gasteiger partial charge on any atom is 0.311 e. The van der Waals surface area contributed by atoms with Crippen molar-refractivity contribution in [2.45, 2.75) is 32.8 Å². The van der Waals surface area contributed by atoms with Crippen LogP contribution < -0.4 is 10.6 Å². The molecule has 1 aliphatic rings. The van der Waals surface area contributed by atoms with E-state index in [1.54, 1.807) is 4.90 Å². The Labute approximate surface area is 114 Å². The molecule has 19 heavy (non-hydrogen) atoms. The normalized spacial score (nSPS) is 15.6. The first-order valence-corrected chi connectivity index (χ1v) is 7.00. The topological polar surface area (TPSA) is 70.7 Å². The molecular weight excluding hydrogens is 246 g/mol. The van der Waals surface area contributed by atoms with Crippen molar-refractivity contribution in [3.05, 3.63) is 0 Å². The molecule has 6 nitrogen and oxygen atoms in total. The fourth-order valence-corrected chi connectivity index (χ4v) is 1.84. The molecule has 1 aliphatic heterocycles. The van der Waals surface area contributed by atoms with Gasteiger partial charge in [0.15, 0.2) is 0 Å². The summed E-state index contributed by atoms with van der Waals surface area (Å²) in [7, 11) is 0. The van der Waals surface area contributed by atoms with Crippen LogP contribution in [0.2, 0.25) is 0 Å². The van der Waals surface area contributed by atoms with Crippen LogP contribution in [0.25, 0.3) is 0 Å². The highest BCUT2D eigenvalue weighted by Gasteiger charge is 2.22. The maximum absolute atomic E-state index is 11.8. The van der Waals surface area contributed by atoms with Gasteiger partial charge in [0, 0.05) is 39.3 Å². The van der Waals surface area contributed by atoms with Gasteiger partial charge in [-0.05, 0) is 26.7 Å². The van der Waals surface area contributed by atoms with Crippen LogP contribution in [-0.4, -0.2) is 62.1 Å². The third kappa shape index (κ3) is 6.54. The first-order chi connectivity index (χ1) is 9.11. The predicted molar refractivity (Wildman–Crippen MR) is 72.8 cm³/mol. The molecule has 110 valence electrons. The molecule has 0 spiro atoms. The molecule has 0 radical (unpaired) electrons. The average molecular weight is 271 g/mol. The SMILES string of the molecule is CC(C)OCCCCNC(=O)C(=O)N1CCNCC1. The Kier molecular flexibility index (Phi) is 7.43. The van der Waals surface area contributed by atoms with Crippen LogP contribution in [-0.2, 0) is 14.3 Å². The smallest absolute Gasteiger partial charge is 0.311 e. The molecule has 0 saturated carbocycles. The van der Waals surface area contributed by atoms with Gasteiger partial charge in [0.2, 0.25) is 0 Å². The van der Waals surface area contributed by atoms with E-state index in [9.17, 15) is 9.59 Å². The zero-order valence-corrected chi connectivity index (χ0v) is 11.9. The second-order valence-electron chi connectivity index (χ2n) is 4.92. The van der Waals surface area contributed by atoms with E-state index in [0.29, 0.717) is 26.2 Å².